The van der Waals surface area contributed by atoms with E-state index < -0.39 is 24.9 Å². The Morgan fingerprint density at radius 3 is 2.59 bits per heavy atom. The summed E-state index contributed by atoms with van der Waals surface area (Å²) >= 11 is 7.39. The molecule has 1 aromatic carbocycles. The fourth-order valence-electron chi connectivity index (χ4n) is 2.45. The lowest BCUT2D eigenvalue weighted by Gasteiger charge is -2.21. The highest BCUT2D eigenvalue weighted by Gasteiger charge is 2.38. The van der Waals surface area contributed by atoms with E-state index >= 15 is 0 Å². The molecule has 1 aliphatic rings. The predicted octanol–water partition coefficient (Wildman–Crippen LogP) is 4.03. The van der Waals surface area contributed by atoms with E-state index in [4.69, 9.17) is 15.0 Å². The smallest absolute Gasteiger partial charge is 0.475 e. The standard InChI is InChI=1S/C16H20BrFN4OS2.C2HF3O2/c17-10-1-2-14-13(5-10)15(19-6-11(18)8-23)22-16(21-14)20-7-12-9-24-3-4-25-12;3-2(4,5)1(6)7/h1-2,5,11-12,23H,3-4,6-9H2,(H2,19,20,21,22);(H,6,7). The van der Waals surface area contributed by atoms with Crippen LogP contribution in [0.2, 0.25) is 0 Å². The largest absolute Gasteiger partial charge is 0.490 e. The quantitative estimate of drug-likeness (QED) is 0.373. The third-order valence-corrected chi connectivity index (χ3v) is 7.30. The molecule has 0 amide bonds. The second-order valence-corrected chi connectivity index (χ2v) is 9.94. The highest BCUT2D eigenvalue weighted by atomic mass is 79.9. The number of aliphatic hydroxyl groups is 1. The summed E-state index contributed by atoms with van der Waals surface area (Å²) in [7, 11) is 0. The molecule has 0 saturated carbocycles. The van der Waals surface area contributed by atoms with Crippen LogP contribution in [0.5, 0.6) is 0 Å². The number of halogens is 5. The van der Waals surface area contributed by atoms with Crippen LogP contribution in [0.15, 0.2) is 22.7 Å². The summed E-state index contributed by atoms with van der Waals surface area (Å²) in [5, 5.41) is 23.7. The van der Waals surface area contributed by atoms with Crippen LogP contribution in [0.1, 0.15) is 0 Å². The molecule has 1 aromatic heterocycles. The van der Waals surface area contributed by atoms with Gasteiger partial charge in [-0.2, -0.15) is 41.7 Å². The minimum atomic E-state index is -5.08. The number of thioether (sulfide) groups is 2. The van der Waals surface area contributed by atoms with Gasteiger partial charge in [0.1, 0.15) is 12.0 Å². The molecule has 1 fully saturated rings. The van der Waals surface area contributed by atoms with E-state index in [9.17, 15) is 17.6 Å². The van der Waals surface area contributed by atoms with Crippen molar-refractivity contribution >= 4 is 68.1 Å². The molecule has 2 aromatic rings. The Morgan fingerprint density at radius 2 is 2.00 bits per heavy atom. The minimum Gasteiger partial charge on any atom is -0.475 e. The van der Waals surface area contributed by atoms with Crippen molar-refractivity contribution in [2.24, 2.45) is 0 Å². The molecule has 3 rings (SSSR count). The van der Waals surface area contributed by atoms with Crippen LogP contribution in [0.25, 0.3) is 10.9 Å². The van der Waals surface area contributed by atoms with Gasteiger partial charge in [-0.3, -0.25) is 0 Å². The number of carboxylic acid groups (broad SMARTS) is 1. The van der Waals surface area contributed by atoms with Gasteiger partial charge in [-0.1, -0.05) is 15.9 Å². The Hall–Kier alpha value is -1.51. The van der Waals surface area contributed by atoms with Gasteiger partial charge in [-0.05, 0) is 18.2 Å². The first-order valence-electron chi connectivity index (χ1n) is 9.29. The first kappa shape index (κ1) is 26.7. The molecule has 2 heterocycles. The van der Waals surface area contributed by atoms with Gasteiger partial charge in [0, 0.05) is 45.5 Å². The van der Waals surface area contributed by atoms with Crippen molar-refractivity contribution in [1.29, 1.82) is 0 Å². The maximum atomic E-state index is 13.4. The second kappa shape index (κ2) is 12.7. The van der Waals surface area contributed by atoms with Crippen molar-refractivity contribution in [1.82, 2.24) is 9.97 Å². The molecule has 14 heteroatoms. The Kier molecular flexibility index (Phi) is 10.6. The van der Waals surface area contributed by atoms with E-state index in [2.05, 4.69) is 36.5 Å². The molecule has 32 heavy (non-hydrogen) atoms. The summed E-state index contributed by atoms with van der Waals surface area (Å²) in [4.78, 5) is 18.0. The summed E-state index contributed by atoms with van der Waals surface area (Å²) in [5.74, 6) is 1.86. The molecule has 0 aliphatic carbocycles. The zero-order valence-electron chi connectivity index (χ0n) is 16.5. The van der Waals surface area contributed by atoms with Crippen LogP contribution in [0.4, 0.5) is 29.3 Å². The molecular formula is C18H21BrF4N4O3S2. The third-order valence-electron chi connectivity index (χ3n) is 3.96. The number of anilines is 2. The fraction of sp³-hybridized carbons (Fsp3) is 0.500. The number of aliphatic hydroxyl groups excluding tert-OH is 1. The number of rotatable bonds is 7. The topological polar surface area (TPSA) is 107 Å². The summed E-state index contributed by atoms with van der Waals surface area (Å²) in [6.07, 6.45) is -6.41. The van der Waals surface area contributed by atoms with Crippen molar-refractivity contribution in [3.05, 3.63) is 22.7 Å². The first-order valence-corrected chi connectivity index (χ1v) is 12.3. The summed E-state index contributed by atoms with van der Waals surface area (Å²) < 4.78 is 46.0. The molecule has 1 aliphatic heterocycles. The lowest BCUT2D eigenvalue weighted by Crippen LogP contribution is -2.24. The van der Waals surface area contributed by atoms with E-state index in [0.29, 0.717) is 17.0 Å². The predicted molar refractivity (Wildman–Crippen MR) is 123 cm³/mol. The highest BCUT2D eigenvalue weighted by molar-refractivity contribution is 9.10. The molecule has 0 spiro atoms. The van der Waals surface area contributed by atoms with Gasteiger partial charge >= 0.3 is 12.1 Å². The van der Waals surface area contributed by atoms with Crippen LogP contribution >= 0.6 is 39.5 Å². The van der Waals surface area contributed by atoms with E-state index in [0.717, 1.165) is 27.7 Å². The number of benzene rings is 1. The summed E-state index contributed by atoms with van der Waals surface area (Å²) in [6, 6.07) is 5.73. The number of nitrogens with zero attached hydrogens (tertiary/aromatic N) is 2. The number of alkyl halides is 4. The first-order chi connectivity index (χ1) is 15.1. The number of carboxylic acids is 1. The van der Waals surface area contributed by atoms with Crippen molar-refractivity contribution in [2.75, 3.05) is 47.6 Å². The molecule has 4 N–H and O–H groups in total. The summed E-state index contributed by atoms with van der Waals surface area (Å²) in [5.41, 5.74) is 0.785. The number of nitrogens with one attached hydrogen (secondary N) is 2. The number of aliphatic carboxylic acids is 1. The Morgan fingerprint density at radius 1 is 1.28 bits per heavy atom. The van der Waals surface area contributed by atoms with Crippen molar-refractivity contribution < 1.29 is 32.6 Å². The zero-order valence-corrected chi connectivity index (χ0v) is 19.8. The van der Waals surface area contributed by atoms with Crippen molar-refractivity contribution in [2.45, 2.75) is 17.6 Å². The number of carbonyl (C=O) groups is 1. The second-order valence-electron chi connectivity index (χ2n) is 6.47. The van der Waals surface area contributed by atoms with E-state index in [1.807, 2.05) is 41.7 Å². The lowest BCUT2D eigenvalue weighted by molar-refractivity contribution is -0.192. The zero-order chi connectivity index (χ0) is 23.7. The SMILES string of the molecule is O=C(O)C(F)(F)F.OCC(F)CNc1nc(NCC2CSCCS2)nc2ccc(Br)cc12. The Labute approximate surface area is 198 Å². The number of aromatic nitrogens is 2. The molecule has 178 valence electrons. The van der Waals surface area contributed by atoms with Gasteiger partial charge in [0.25, 0.3) is 0 Å². The van der Waals surface area contributed by atoms with Crippen molar-refractivity contribution in [3.63, 3.8) is 0 Å². The molecule has 2 atom stereocenters. The molecule has 2 unspecified atom stereocenters. The van der Waals surface area contributed by atoms with Crippen LogP contribution < -0.4 is 10.6 Å². The Bertz CT molecular complexity index is 904. The number of hydrogen-bond acceptors (Lipinski definition) is 8. The maximum absolute atomic E-state index is 13.4. The van der Waals surface area contributed by atoms with Gasteiger partial charge < -0.3 is 20.8 Å². The van der Waals surface area contributed by atoms with E-state index in [1.165, 1.54) is 11.5 Å². The highest BCUT2D eigenvalue weighted by Crippen LogP contribution is 2.27. The van der Waals surface area contributed by atoms with Crippen LogP contribution in [0.3, 0.4) is 0 Å². The molecular weight excluding hydrogens is 540 g/mol. The normalized spacial score (nSPS) is 17.2. The van der Waals surface area contributed by atoms with Crippen LogP contribution in [0, 0.1) is 0 Å². The fourth-order valence-corrected chi connectivity index (χ4v) is 5.42. The minimum absolute atomic E-state index is 0.00365. The summed E-state index contributed by atoms with van der Waals surface area (Å²) in [6.45, 7) is 0.298. The molecule has 0 bridgehead atoms. The number of hydrogen-bond donors (Lipinski definition) is 4. The van der Waals surface area contributed by atoms with Crippen LogP contribution in [-0.2, 0) is 4.79 Å². The molecule has 0 radical (unpaired) electrons. The van der Waals surface area contributed by atoms with Gasteiger partial charge in [0.15, 0.2) is 0 Å². The van der Waals surface area contributed by atoms with Gasteiger partial charge in [-0.25, -0.2) is 14.2 Å². The lowest BCUT2D eigenvalue weighted by atomic mass is 10.2. The van der Waals surface area contributed by atoms with Crippen LogP contribution in [-0.4, -0.2) is 80.7 Å². The van der Waals surface area contributed by atoms with Gasteiger partial charge in [0.2, 0.25) is 5.95 Å². The van der Waals surface area contributed by atoms with Gasteiger partial charge in [0.05, 0.1) is 12.1 Å². The number of fused-ring (bicyclic) bond motifs is 1. The van der Waals surface area contributed by atoms with E-state index in [-0.39, 0.29) is 6.54 Å². The third kappa shape index (κ3) is 8.79. The van der Waals surface area contributed by atoms with E-state index in [1.54, 1.807) is 0 Å². The molecule has 7 nitrogen and oxygen atoms in total. The van der Waals surface area contributed by atoms with Crippen molar-refractivity contribution in [3.8, 4) is 0 Å². The maximum Gasteiger partial charge on any atom is 0.490 e. The molecule has 1 saturated heterocycles. The van der Waals surface area contributed by atoms with Gasteiger partial charge in [-0.15, -0.1) is 0 Å². The Balaban J connectivity index is 0.000000451. The monoisotopic (exact) mass is 560 g/mol. The average Bonchev–Trinajstić information content (AvgIpc) is 2.76. The average molecular weight is 561 g/mol.